The summed E-state index contributed by atoms with van der Waals surface area (Å²) < 4.78 is 0. The molecule has 0 amide bonds. The van der Waals surface area contributed by atoms with E-state index in [1.165, 1.54) is 12.8 Å². The van der Waals surface area contributed by atoms with Gasteiger partial charge >= 0.3 is 0 Å². The highest BCUT2D eigenvalue weighted by atomic mass is 16.3. The molecule has 0 radical (unpaired) electrons. The highest BCUT2D eigenvalue weighted by Crippen LogP contribution is 2.18. The van der Waals surface area contributed by atoms with Crippen LogP contribution in [-0.4, -0.2) is 18.2 Å². The summed E-state index contributed by atoms with van der Waals surface area (Å²) in [6, 6.07) is 3.88. The van der Waals surface area contributed by atoms with E-state index < -0.39 is 0 Å². The normalized spacial score (nSPS) is 16.5. The fourth-order valence-electron chi connectivity index (χ4n) is 1.83. The zero-order valence-electron chi connectivity index (χ0n) is 7.66. The van der Waals surface area contributed by atoms with Gasteiger partial charge in [-0.05, 0) is 25.0 Å². The smallest absolute Gasteiger partial charge is 0.279 e. The lowest BCUT2D eigenvalue weighted by Gasteiger charge is -2.10. The molecule has 1 fully saturated rings. The van der Waals surface area contributed by atoms with Gasteiger partial charge in [-0.1, -0.05) is 0 Å². The lowest BCUT2D eigenvalue weighted by Crippen LogP contribution is -2.27. The van der Waals surface area contributed by atoms with Crippen LogP contribution in [0, 0.1) is 0 Å². The third-order valence-electron chi connectivity index (χ3n) is 2.51. The van der Waals surface area contributed by atoms with Crippen LogP contribution in [0.4, 0.5) is 5.82 Å². The first kappa shape index (κ1) is 8.51. The number of pyridine rings is 1. The molecule has 0 spiro atoms. The molecular formula is C10H15N2O+. The Morgan fingerprint density at radius 1 is 1.38 bits per heavy atom. The number of H-pyrrole nitrogens is 1. The van der Waals surface area contributed by atoms with E-state index in [2.05, 4.69) is 9.88 Å². The maximum Gasteiger partial charge on any atom is 0.279 e. The molecule has 0 saturated carbocycles. The molecule has 1 aliphatic rings. The monoisotopic (exact) mass is 179 g/mol. The van der Waals surface area contributed by atoms with Gasteiger partial charge in [0.25, 0.3) is 5.82 Å². The van der Waals surface area contributed by atoms with Gasteiger partial charge in [0.1, 0.15) is 0 Å². The summed E-state index contributed by atoms with van der Waals surface area (Å²) in [5.74, 6) is 1.09. The number of hydrogen-bond donors (Lipinski definition) is 1. The third-order valence-corrected chi connectivity index (χ3v) is 2.51. The van der Waals surface area contributed by atoms with Crippen LogP contribution >= 0.6 is 0 Å². The summed E-state index contributed by atoms with van der Waals surface area (Å²) in [5.41, 5.74) is 0.990. The van der Waals surface area contributed by atoms with E-state index in [-0.39, 0.29) is 6.61 Å². The van der Waals surface area contributed by atoms with Crippen LogP contribution in [0.25, 0.3) is 0 Å². The minimum atomic E-state index is 0.114. The molecule has 1 saturated heterocycles. The van der Waals surface area contributed by atoms with E-state index in [1.54, 1.807) is 0 Å². The minimum Gasteiger partial charge on any atom is -0.391 e. The summed E-state index contributed by atoms with van der Waals surface area (Å²) >= 11 is 0. The maximum absolute atomic E-state index is 9.13. The molecule has 2 rings (SSSR count). The van der Waals surface area contributed by atoms with Crippen LogP contribution in [0.2, 0.25) is 0 Å². The lowest BCUT2D eigenvalue weighted by molar-refractivity contribution is -0.364. The molecular weight excluding hydrogens is 164 g/mol. The number of aliphatic hydroxyl groups is 1. The van der Waals surface area contributed by atoms with Gasteiger partial charge in [-0.2, -0.15) is 0 Å². The van der Waals surface area contributed by atoms with Crippen molar-refractivity contribution in [2.75, 3.05) is 18.0 Å². The topological polar surface area (TPSA) is 37.6 Å². The van der Waals surface area contributed by atoms with Crippen molar-refractivity contribution >= 4 is 5.82 Å². The Kier molecular flexibility index (Phi) is 2.45. The molecule has 0 bridgehead atoms. The zero-order valence-corrected chi connectivity index (χ0v) is 7.66. The number of anilines is 1. The summed E-state index contributed by atoms with van der Waals surface area (Å²) in [6.07, 6.45) is 4.42. The molecule has 3 heteroatoms. The van der Waals surface area contributed by atoms with E-state index >= 15 is 0 Å². The number of aliphatic hydroxyl groups excluding tert-OH is 1. The molecule has 1 aromatic rings. The molecule has 3 nitrogen and oxygen atoms in total. The number of nitrogens with one attached hydrogen (secondary N) is 1. The molecule has 0 aliphatic carbocycles. The standard InChI is InChI=1S/C10H14N2O/c13-8-9-4-3-5-11-10(9)12-6-1-2-7-12/h3-5,13H,1-2,6-8H2/p+1. The third kappa shape index (κ3) is 1.65. The number of rotatable bonds is 2. The summed E-state index contributed by atoms with van der Waals surface area (Å²) in [7, 11) is 0. The van der Waals surface area contributed by atoms with E-state index in [9.17, 15) is 0 Å². The fraction of sp³-hybridized carbons (Fsp3) is 0.500. The fourth-order valence-corrected chi connectivity index (χ4v) is 1.83. The van der Waals surface area contributed by atoms with Gasteiger partial charge in [0.15, 0.2) is 0 Å². The highest BCUT2D eigenvalue weighted by Gasteiger charge is 2.22. The second kappa shape index (κ2) is 3.75. The molecule has 1 aromatic heterocycles. The van der Waals surface area contributed by atoms with Crippen LogP contribution in [0.3, 0.4) is 0 Å². The van der Waals surface area contributed by atoms with Gasteiger partial charge in [0.2, 0.25) is 0 Å². The number of aromatic amines is 1. The van der Waals surface area contributed by atoms with Gasteiger partial charge in [0.05, 0.1) is 31.5 Å². The van der Waals surface area contributed by atoms with E-state index in [4.69, 9.17) is 5.11 Å². The van der Waals surface area contributed by atoms with Gasteiger partial charge < -0.3 is 5.11 Å². The van der Waals surface area contributed by atoms with Gasteiger partial charge in [-0.15, -0.1) is 0 Å². The van der Waals surface area contributed by atoms with Crippen molar-refractivity contribution < 1.29 is 10.1 Å². The predicted octanol–water partition coefficient (Wildman–Crippen LogP) is 0.593. The van der Waals surface area contributed by atoms with Crippen molar-refractivity contribution in [2.24, 2.45) is 0 Å². The summed E-state index contributed by atoms with van der Waals surface area (Å²) in [6.45, 7) is 2.32. The predicted molar refractivity (Wildman–Crippen MR) is 50.4 cm³/mol. The van der Waals surface area contributed by atoms with Gasteiger partial charge in [-0.25, -0.2) is 4.98 Å². The summed E-state index contributed by atoms with van der Waals surface area (Å²) in [5, 5.41) is 9.13. The van der Waals surface area contributed by atoms with Crippen LogP contribution in [0.15, 0.2) is 18.3 Å². The largest absolute Gasteiger partial charge is 0.391 e. The van der Waals surface area contributed by atoms with Crippen LogP contribution < -0.4 is 9.88 Å². The second-order valence-electron chi connectivity index (χ2n) is 3.40. The number of aromatic nitrogens is 1. The average molecular weight is 179 g/mol. The SMILES string of the molecule is OCc1ccc[nH+]c1N1CCCC1. The average Bonchev–Trinajstić information content (AvgIpc) is 2.70. The molecule has 2 N–H and O–H groups in total. The molecule has 70 valence electrons. The Morgan fingerprint density at radius 2 is 2.15 bits per heavy atom. The van der Waals surface area contributed by atoms with Crippen LogP contribution in [0.5, 0.6) is 0 Å². The van der Waals surface area contributed by atoms with Crippen molar-refractivity contribution in [2.45, 2.75) is 19.4 Å². The van der Waals surface area contributed by atoms with E-state index in [0.29, 0.717) is 0 Å². The number of nitrogens with zero attached hydrogens (tertiary/aromatic N) is 1. The summed E-state index contributed by atoms with van der Waals surface area (Å²) in [4.78, 5) is 5.49. The molecule has 1 aliphatic heterocycles. The Balaban J connectivity index is 2.26. The van der Waals surface area contributed by atoms with Crippen molar-refractivity contribution in [3.05, 3.63) is 23.9 Å². The molecule has 0 atom stereocenters. The molecule has 2 heterocycles. The number of hydrogen-bond acceptors (Lipinski definition) is 2. The van der Waals surface area contributed by atoms with Crippen LogP contribution in [-0.2, 0) is 6.61 Å². The first-order valence-electron chi connectivity index (χ1n) is 4.77. The first-order chi connectivity index (χ1) is 6.42. The lowest BCUT2D eigenvalue weighted by atomic mass is 10.2. The Labute approximate surface area is 78.0 Å². The van der Waals surface area contributed by atoms with E-state index in [1.807, 2.05) is 18.3 Å². The molecule has 0 aromatic carbocycles. The van der Waals surface area contributed by atoms with Gasteiger partial charge in [-0.3, -0.25) is 4.90 Å². The Bertz CT molecular complexity index is 282. The Hall–Kier alpha value is -1.09. The highest BCUT2D eigenvalue weighted by molar-refractivity contribution is 5.42. The van der Waals surface area contributed by atoms with Crippen molar-refractivity contribution in [3.8, 4) is 0 Å². The Morgan fingerprint density at radius 3 is 2.85 bits per heavy atom. The van der Waals surface area contributed by atoms with E-state index in [0.717, 1.165) is 24.5 Å². The first-order valence-corrected chi connectivity index (χ1v) is 4.77. The van der Waals surface area contributed by atoms with Crippen molar-refractivity contribution in [3.63, 3.8) is 0 Å². The minimum absolute atomic E-state index is 0.114. The maximum atomic E-state index is 9.13. The quantitative estimate of drug-likeness (QED) is 0.721. The molecule has 0 unspecified atom stereocenters. The van der Waals surface area contributed by atoms with Crippen molar-refractivity contribution in [1.29, 1.82) is 0 Å². The second-order valence-corrected chi connectivity index (χ2v) is 3.40. The molecule has 13 heavy (non-hydrogen) atoms. The van der Waals surface area contributed by atoms with Crippen LogP contribution in [0.1, 0.15) is 18.4 Å². The van der Waals surface area contributed by atoms with Gasteiger partial charge in [0, 0.05) is 0 Å². The van der Waals surface area contributed by atoms with Crippen molar-refractivity contribution in [1.82, 2.24) is 0 Å². The zero-order chi connectivity index (χ0) is 9.10.